The number of carbonyl (C=O) groups is 1. The first-order valence-electron chi connectivity index (χ1n) is 9.02. The number of benzene rings is 3. The van der Waals surface area contributed by atoms with Crippen LogP contribution in [0.5, 0.6) is 5.75 Å². The normalized spacial score (nSPS) is 10.3. The number of nitrogens with one attached hydrogen (secondary N) is 1. The first-order valence-corrected chi connectivity index (χ1v) is 9.02. The van der Waals surface area contributed by atoms with Gasteiger partial charge in [0.1, 0.15) is 24.5 Å². The van der Waals surface area contributed by atoms with Gasteiger partial charge in [-0.1, -0.05) is 60.7 Å². The fourth-order valence-electron chi connectivity index (χ4n) is 2.66. The van der Waals surface area contributed by atoms with E-state index in [9.17, 15) is 4.79 Å². The minimum absolute atomic E-state index is 0.229. The molecular formula is C23H23NO3. The second kappa shape index (κ2) is 9.43. The Morgan fingerprint density at radius 1 is 0.852 bits per heavy atom. The van der Waals surface area contributed by atoms with Crippen molar-refractivity contribution >= 4 is 11.7 Å². The Kier molecular flexibility index (Phi) is 6.47. The number of rotatable bonds is 8. The number of anilines is 1. The molecular weight excluding hydrogens is 338 g/mol. The Balaban J connectivity index is 1.74. The summed E-state index contributed by atoms with van der Waals surface area (Å²) in [6.45, 7) is 3.42. The summed E-state index contributed by atoms with van der Waals surface area (Å²) in [7, 11) is 0. The van der Waals surface area contributed by atoms with Gasteiger partial charge in [0.05, 0.1) is 0 Å². The maximum absolute atomic E-state index is 12.6. The standard InChI is InChI=1S/C23H23NO3/c1-2-24-20-13-14-21(23(25)27-17-19-11-7-4-8-12-19)22(15-20)26-16-18-9-5-3-6-10-18/h3-15,24H,2,16-17H2,1H3. The Morgan fingerprint density at radius 2 is 1.48 bits per heavy atom. The predicted octanol–water partition coefficient (Wildman–Crippen LogP) is 5.05. The molecule has 0 aromatic heterocycles. The van der Waals surface area contributed by atoms with Gasteiger partial charge in [-0.25, -0.2) is 4.79 Å². The van der Waals surface area contributed by atoms with Crippen LogP contribution in [0.4, 0.5) is 5.69 Å². The number of carbonyl (C=O) groups excluding carboxylic acids is 1. The summed E-state index contributed by atoms with van der Waals surface area (Å²) in [4.78, 5) is 12.6. The largest absolute Gasteiger partial charge is 0.488 e. The summed E-state index contributed by atoms with van der Waals surface area (Å²) in [6, 6.07) is 24.9. The lowest BCUT2D eigenvalue weighted by molar-refractivity contribution is 0.0467. The fourth-order valence-corrected chi connectivity index (χ4v) is 2.66. The van der Waals surface area contributed by atoms with Crippen molar-refractivity contribution in [1.82, 2.24) is 0 Å². The van der Waals surface area contributed by atoms with Gasteiger partial charge in [-0.15, -0.1) is 0 Å². The van der Waals surface area contributed by atoms with Crippen LogP contribution >= 0.6 is 0 Å². The first kappa shape index (κ1) is 18.5. The van der Waals surface area contributed by atoms with Gasteiger partial charge in [-0.3, -0.25) is 0 Å². The molecule has 1 N–H and O–H groups in total. The lowest BCUT2D eigenvalue weighted by atomic mass is 10.1. The van der Waals surface area contributed by atoms with Gasteiger partial charge in [0, 0.05) is 18.3 Å². The van der Waals surface area contributed by atoms with E-state index in [2.05, 4.69) is 5.32 Å². The highest BCUT2D eigenvalue weighted by molar-refractivity contribution is 5.93. The predicted molar refractivity (Wildman–Crippen MR) is 107 cm³/mol. The van der Waals surface area contributed by atoms with Crippen molar-refractivity contribution in [2.45, 2.75) is 20.1 Å². The smallest absolute Gasteiger partial charge is 0.342 e. The molecule has 27 heavy (non-hydrogen) atoms. The quantitative estimate of drug-likeness (QED) is 0.570. The second-order valence-corrected chi connectivity index (χ2v) is 6.08. The first-order chi connectivity index (χ1) is 13.3. The summed E-state index contributed by atoms with van der Waals surface area (Å²) in [5.41, 5.74) is 3.31. The average Bonchev–Trinajstić information content (AvgIpc) is 2.72. The molecule has 0 amide bonds. The van der Waals surface area contributed by atoms with Crippen molar-refractivity contribution in [1.29, 1.82) is 0 Å². The highest BCUT2D eigenvalue weighted by atomic mass is 16.5. The van der Waals surface area contributed by atoms with Crippen LogP contribution in [0.2, 0.25) is 0 Å². The molecule has 0 fully saturated rings. The van der Waals surface area contributed by atoms with Crippen molar-refractivity contribution in [3.63, 3.8) is 0 Å². The van der Waals surface area contributed by atoms with E-state index in [1.54, 1.807) is 6.07 Å². The summed E-state index contributed by atoms with van der Waals surface area (Å²) in [6.07, 6.45) is 0. The van der Waals surface area contributed by atoms with Gasteiger partial charge >= 0.3 is 5.97 Å². The Bertz CT molecular complexity index is 863. The zero-order chi connectivity index (χ0) is 18.9. The summed E-state index contributed by atoms with van der Waals surface area (Å²) in [5.74, 6) is 0.111. The highest BCUT2D eigenvalue weighted by Gasteiger charge is 2.15. The van der Waals surface area contributed by atoms with Crippen molar-refractivity contribution in [3.8, 4) is 5.75 Å². The monoisotopic (exact) mass is 361 g/mol. The third-order valence-electron chi connectivity index (χ3n) is 4.03. The van der Waals surface area contributed by atoms with Gasteiger partial charge in [-0.05, 0) is 30.2 Å². The lowest BCUT2D eigenvalue weighted by Crippen LogP contribution is -2.09. The molecule has 0 saturated heterocycles. The van der Waals surface area contributed by atoms with E-state index < -0.39 is 5.97 Å². The molecule has 0 bridgehead atoms. The molecule has 0 atom stereocenters. The second-order valence-electron chi connectivity index (χ2n) is 6.08. The van der Waals surface area contributed by atoms with Gasteiger partial charge in [0.15, 0.2) is 0 Å². The summed E-state index contributed by atoms with van der Waals surface area (Å²) >= 11 is 0. The third kappa shape index (κ3) is 5.35. The zero-order valence-corrected chi connectivity index (χ0v) is 15.4. The molecule has 3 rings (SSSR count). The van der Waals surface area contributed by atoms with E-state index in [1.807, 2.05) is 79.7 Å². The molecule has 0 spiro atoms. The van der Waals surface area contributed by atoms with E-state index in [4.69, 9.17) is 9.47 Å². The van der Waals surface area contributed by atoms with Gasteiger partial charge in [0.2, 0.25) is 0 Å². The number of hydrogen-bond donors (Lipinski definition) is 1. The topological polar surface area (TPSA) is 47.6 Å². The van der Waals surface area contributed by atoms with Crippen LogP contribution in [0.1, 0.15) is 28.4 Å². The number of ether oxygens (including phenoxy) is 2. The van der Waals surface area contributed by atoms with E-state index in [0.29, 0.717) is 17.9 Å². The molecule has 138 valence electrons. The minimum atomic E-state index is -0.398. The Labute approximate surface area is 159 Å². The van der Waals surface area contributed by atoms with Crippen LogP contribution in [0.3, 0.4) is 0 Å². The molecule has 0 aliphatic carbocycles. The van der Waals surface area contributed by atoms with Crippen LogP contribution in [0.15, 0.2) is 78.9 Å². The van der Waals surface area contributed by atoms with Crippen LogP contribution in [-0.2, 0) is 18.0 Å². The van der Waals surface area contributed by atoms with E-state index >= 15 is 0 Å². The molecule has 0 radical (unpaired) electrons. The third-order valence-corrected chi connectivity index (χ3v) is 4.03. The minimum Gasteiger partial charge on any atom is -0.488 e. The van der Waals surface area contributed by atoms with Crippen molar-refractivity contribution in [3.05, 3.63) is 95.6 Å². The van der Waals surface area contributed by atoms with Crippen molar-refractivity contribution < 1.29 is 14.3 Å². The van der Waals surface area contributed by atoms with E-state index in [0.717, 1.165) is 23.4 Å². The molecule has 0 saturated carbocycles. The maximum Gasteiger partial charge on any atom is 0.342 e. The molecule has 4 nitrogen and oxygen atoms in total. The van der Waals surface area contributed by atoms with Gasteiger partial charge in [0.25, 0.3) is 0 Å². The van der Waals surface area contributed by atoms with Crippen LogP contribution in [0, 0.1) is 0 Å². The average molecular weight is 361 g/mol. The molecule has 3 aromatic rings. The zero-order valence-electron chi connectivity index (χ0n) is 15.4. The summed E-state index contributed by atoms with van der Waals surface area (Å²) in [5, 5.41) is 3.24. The molecule has 3 aromatic carbocycles. The fraction of sp³-hybridized carbons (Fsp3) is 0.174. The van der Waals surface area contributed by atoms with Crippen molar-refractivity contribution in [2.24, 2.45) is 0 Å². The summed E-state index contributed by atoms with van der Waals surface area (Å²) < 4.78 is 11.4. The SMILES string of the molecule is CCNc1ccc(C(=O)OCc2ccccc2)c(OCc2ccccc2)c1. The maximum atomic E-state index is 12.6. The van der Waals surface area contributed by atoms with E-state index in [1.165, 1.54) is 0 Å². The highest BCUT2D eigenvalue weighted by Crippen LogP contribution is 2.25. The van der Waals surface area contributed by atoms with Crippen LogP contribution in [0.25, 0.3) is 0 Å². The Morgan fingerprint density at radius 3 is 2.11 bits per heavy atom. The van der Waals surface area contributed by atoms with Gasteiger partial charge in [-0.2, -0.15) is 0 Å². The van der Waals surface area contributed by atoms with Crippen molar-refractivity contribution in [2.75, 3.05) is 11.9 Å². The van der Waals surface area contributed by atoms with Gasteiger partial charge < -0.3 is 14.8 Å². The number of esters is 1. The van der Waals surface area contributed by atoms with Crippen LogP contribution < -0.4 is 10.1 Å². The lowest BCUT2D eigenvalue weighted by Gasteiger charge is -2.14. The number of hydrogen-bond acceptors (Lipinski definition) is 4. The van der Waals surface area contributed by atoms with Crippen LogP contribution in [-0.4, -0.2) is 12.5 Å². The molecule has 0 unspecified atom stereocenters. The van der Waals surface area contributed by atoms with E-state index in [-0.39, 0.29) is 6.61 Å². The molecule has 4 heteroatoms. The molecule has 0 aliphatic heterocycles. The molecule has 0 aliphatic rings. The molecule has 0 heterocycles. The Hall–Kier alpha value is -3.27.